The number of nitrogens with zero attached hydrogens (tertiary/aromatic N) is 4. The number of anilines is 1. The van der Waals surface area contributed by atoms with Crippen LogP contribution in [-0.2, 0) is 11.3 Å². The van der Waals surface area contributed by atoms with E-state index < -0.39 is 0 Å². The van der Waals surface area contributed by atoms with Crippen molar-refractivity contribution in [2.24, 2.45) is 5.10 Å². The van der Waals surface area contributed by atoms with Crippen LogP contribution in [0.2, 0.25) is 0 Å². The predicted octanol–water partition coefficient (Wildman–Crippen LogP) is 1.03. The van der Waals surface area contributed by atoms with Gasteiger partial charge in [0, 0.05) is 0 Å². The zero-order valence-electron chi connectivity index (χ0n) is 13.0. The van der Waals surface area contributed by atoms with Gasteiger partial charge in [-0.1, -0.05) is 11.8 Å². The van der Waals surface area contributed by atoms with Crippen LogP contribution in [0.15, 0.2) is 55.9 Å². The molecule has 3 heterocycles. The van der Waals surface area contributed by atoms with Gasteiger partial charge in [-0.2, -0.15) is 5.10 Å². The van der Waals surface area contributed by atoms with Gasteiger partial charge in [-0.15, -0.1) is 10.2 Å². The van der Waals surface area contributed by atoms with Crippen LogP contribution in [0.4, 0.5) is 5.95 Å². The minimum absolute atomic E-state index is 0.145. The van der Waals surface area contributed by atoms with Gasteiger partial charge in [0.1, 0.15) is 11.5 Å². The van der Waals surface area contributed by atoms with E-state index in [1.807, 2.05) is 0 Å². The Morgan fingerprint density at radius 1 is 1.32 bits per heavy atom. The Kier molecular flexibility index (Phi) is 5.36. The fourth-order valence-corrected chi connectivity index (χ4v) is 2.44. The summed E-state index contributed by atoms with van der Waals surface area (Å²) in [5.74, 6) is 7.34. The Balaban J connectivity index is 1.46. The van der Waals surface area contributed by atoms with Crippen molar-refractivity contribution in [3.05, 3.63) is 48.3 Å². The lowest BCUT2D eigenvalue weighted by Crippen LogP contribution is -2.24. The maximum atomic E-state index is 11.8. The Morgan fingerprint density at radius 3 is 2.92 bits per heavy atom. The molecule has 11 heteroatoms. The van der Waals surface area contributed by atoms with Crippen molar-refractivity contribution in [3.63, 3.8) is 0 Å². The predicted molar refractivity (Wildman–Crippen MR) is 91.4 cm³/mol. The molecule has 0 aliphatic carbocycles. The normalized spacial score (nSPS) is 11.0. The van der Waals surface area contributed by atoms with Gasteiger partial charge in [-0.3, -0.25) is 4.79 Å². The third kappa shape index (κ3) is 4.64. The van der Waals surface area contributed by atoms with E-state index in [2.05, 4.69) is 26.0 Å². The molecule has 0 atom stereocenters. The van der Waals surface area contributed by atoms with Gasteiger partial charge in [0.2, 0.25) is 11.1 Å². The van der Waals surface area contributed by atoms with Crippen LogP contribution in [0.3, 0.4) is 0 Å². The topological polar surface area (TPSA) is 136 Å². The fraction of sp³-hybridized carbons (Fsp3) is 0.143. The van der Waals surface area contributed by atoms with Crippen LogP contribution in [0, 0.1) is 0 Å². The molecule has 0 aliphatic heterocycles. The lowest BCUT2D eigenvalue weighted by atomic mass is 10.4. The summed E-state index contributed by atoms with van der Waals surface area (Å²) in [6, 6.07) is 7.04. The molecule has 4 N–H and O–H groups in total. The van der Waals surface area contributed by atoms with Crippen molar-refractivity contribution >= 4 is 29.8 Å². The monoisotopic (exact) mass is 361 g/mol. The highest BCUT2D eigenvalue weighted by molar-refractivity contribution is 7.99. The zero-order chi connectivity index (χ0) is 17.5. The Bertz CT molecular complexity index is 827. The van der Waals surface area contributed by atoms with Crippen LogP contribution in [0.5, 0.6) is 0 Å². The number of hydrogen-bond acceptors (Lipinski definition) is 9. The number of hydrogen-bond donors (Lipinski definition) is 3. The van der Waals surface area contributed by atoms with E-state index in [4.69, 9.17) is 14.7 Å². The van der Waals surface area contributed by atoms with E-state index in [1.54, 1.807) is 36.8 Å². The quantitative estimate of drug-likeness (QED) is 0.234. The van der Waals surface area contributed by atoms with Gasteiger partial charge >= 0.3 is 0 Å². The van der Waals surface area contributed by atoms with Gasteiger partial charge in [0.05, 0.1) is 31.0 Å². The average Bonchev–Trinajstić information content (AvgIpc) is 3.35. The summed E-state index contributed by atoms with van der Waals surface area (Å²) < 4.78 is 11.5. The molecular weight excluding hydrogens is 346 g/mol. The summed E-state index contributed by atoms with van der Waals surface area (Å²) >= 11 is 1.16. The first-order valence-electron chi connectivity index (χ1n) is 7.17. The minimum atomic E-state index is -0.172. The van der Waals surface area contributed by atoms with Crippen LogP contribution in [-0.4, -0.2) is 32.7 Å². The van der Waals surface area contributed by atoms with Gasteiger partial charge in [0.15, 0.2) is 0 Å². The summed E-state index contributed by atoms with van der Waals surface area (Å²) in [5, 5.41) is 14.8. The summed E-state index contributed by atoms with van der Waals surface area (Å²) in [7, 11) is 0. The highest BCUT2D eigenvalue weighted by atomic mass is 32.2. The van der Waals surface area contributed by atoms with E-state index in [0.29, 0.717) is 23.2 Å². The van der Waals surface area contributed by atoms with E-state index in [1.165, 1.54) is 10.9 Å². The summed E-state index contributed by atoms with van der Waals surface area (Å²) in [6.45, 7) is 0.329. The van der Waals surface area contributed by atoms with Crippen molar-refractivity contribution in [2.75, 3.05) is 17.0 Å². The first-order valence-corrected chi connectivity index (χ1v) is 8.16. The Hall–Kier alpha value is -3.21. The molecule has 3 aromatic rings. The van der Waals surface area contributed by atoms with Crippen LogP contribution in [0.25, 0.3) is 0 Å². The summed E-state index contributed by atoms with van der Waals surface area (Å²) in [4.78, 5) is 11.8. The van der Waals surface area contributed by atoms with E-state index in [0.717, 1.165) is 11.8 Å². The van der Waals surface area contributed by atoms with Crippen molar-refractivity contribution in [3.8, 4) is 0 Å². The van der Waals surface area contributed by atoms with Crippen LogP contribution in [0.1, 0.15) is 11.5 Å². The fourth-order valence-electron chi connectivity index (χ4n) is 1.75. The largest absolute Gasteiger partial charge is 0.467 e. The first-order chi connectivity index (χ1) is 12.2. The number of rotatable bonds is 8. The molecule has 0 radical (unpaired) electrons. The van der Waals surface area contributed by atoms with Gasteiger partial charge in [-0.05, 0) is 24.3 Å². The number of amides is 1. The third-order valence-electron chi connectivity index (χ3n) is 2.94. The first kappa shape index (κ1) is 16.6. The van der Waals surface area contributed by atoms with Crippen molar-refractivity contribution in [1.82, 2.24) is 20.2 Å². The van der Waals surface area contributed by atoms with Gasteiger partial charge in [-0.25, -0.2) is 10.1 Å². The molecule has 130 valence electrons. The van der Waals surface area contributed by atoms with Crippen molar-refractivity contribution < 1.29 is 13.6 Å². The summed E-state index contributed by atoms with van der Waals surface area (Å²) in [5.41, 5.74) is 2.65. The van der Waals surface area contributed by atoms with Gasteiger partial charge < -0.3 is 20.0 Å². The number of hydrazone groups is 1. The molecule has 0 bridgehead atoms. The molecule has 0 saturated carbocycles. The molecule has 1 amide bonds. The van der Waals surface area contributed by atoms with Crippen LogP contribution >= 0.6 is 11.8 Å². The van der Waals surface area contributed by atoms with Crippen molar-refractivity contribution in [2.45, 2.75) is 11.7 Å². The highest BCUT2D eigenvalue weighted by Gasteiger charge is 2.12. The zero-order valence-corrected chi connectivity index (χ0v) is 13.8. The molecule has 0 aliphatic rings. The number of nitrogens with one attached hydrogen (secondary N) is 2. The van der Waals surface area contributed by atoms with Gasteiger partial charge in [0.25, 0.3) is 5.95 Å². The average molecular weight is 361 g/mol. The second-order valence-corrected chi connectivity index (χ2v) is 5.65. The molecule has 25 heavy (non-hydrogen) atoms. The molecule has 3 aromatic heterocycles. The van der Waals surface area contributed by atoms with E-state index in [9.17, 15) is 4.79 Å². The SMILES string of the molecule is Nn1c(N/N=C/c2ccco2)nnc1SCC(=O)NCc1ccco1. The summed E-state index contributed by atoms with van der Waals surface area (Å²) in [6.07, 6.45) is 4.57. The highest BCUT2D eigenvalue weighted by Crippen LogP contribution is 2.16. The van der Waals surface area contributed by atoms with E-state index in [-0.39, 0.29) is 17.6 Å². The molecule has 10 nitrogen and oxygen atoms in total. The second-order valence-electron chi connectivity index (χ2n) is 4.71. The third-order valence-corrected chi connectivity index (χ3v) is 3.88. The minimum Gasteiger partial charge on any atom is -0.467 e. The Labute approximate surface area is 146 Å². The number of nitrogen functional groups attached to an aromatic ring is 1. The number of aromatic nitrogens is 3. The van der Waals surface area contributed by atoms with Crippen molar-refractivity contribution in [1.29, 1.82) is 0 Å². The van der Waals surface area contributed by atoms with Crippen LogP contribution < -0.4 is 16.6 Å². The number of nitrogens with two attached hydrogens (primary N) is 1. The maximum absolute atomic E-state index is 11.8. The molecule has 0 unspecified atom stereocenters. The Morgan fingerprint density at radius 2 is 2.16 bits per heavy atom. The number of furan rings is 2. The standard InChI is InChI=1S/C14H15N7O3S/c15-21-13(18-17-8-11-4-2-6-24-11)19-20-14(21)25-9-12(22)16-7-10-3-1-5-23-10/h1-6,8H,7,9,15H2,(H,16,22)(H,18,19)/b17-8+. The lowest BCUT2D eigenvalue weighted by molar-refractivity contribution is -0.118. The molecule has 0 saturated heterocycles. The molecule has 3 rings (SSSR count). The number of carbonyl (C=O) groups excluding carboxylic acids is 1. The number of carbonyl (C=O) groups is 1. The molecule has 0 aromatic carbocycles. The molecule has 0 fully saturated rings. The van der Waals surface area contributed by atoms with E-state index >= 15 is 0 Å². The maximum Gasteiger partial charge on any atom is 0.264 e. The molecular formula is C14H15N7O3S. The number of thioether (sulfide) groups is 1. The lowest BCUT2D eigenvalue weighted by Gasteiger charge is -2.04. The molecule has 0 spiro atoms. The second kappa shape index (κ2) is 8.06. The smallest absolute Gasteiger partial charge is 0.264 e.